The largest absolute Gasteiger partial charge is 0.490 e. The molecule has 2 rings (SSSR count). The molecule has 20 heavy (non-hydrogen) atoms. The fourth-order valence-electron chi connectivity index (χ4n) is 1.65. The Kier molecular flexibility index (Phi) is 5.95. The van der Waals surface area contributed by atoms with E-state index in [4.69, 9.17) is 39.5 Å². The quantitative estimate of drug-likeness (QED) is 0.722. The minimum Gasteiger partial charge on any atom is -0.490 e. The highest BCUT2D eigenvalue weighted by molar-refractivity contribution is 6.35. The Labute approximate surface area is 132 Å². The summed E-state index contributed by atoms with van der Waals surface area (Å²) in [6.07, 6.45) is 3.64. The van der Waals surface area contributed by atoms with Gasteiger partial charge in [0, 0.05) is 17.1 Å². The number of aromatic nitrogens is 3. The Morgan fingerprint density at radius 3 is 2.85 bits per heavy atom. The fourth-order valence-corrected chi connectivity index (χ4v) is 2.25. The van der Waals surface area contributed by atoms with Gasteiger partial charge in [0.25, 0.3) is 0 Å². The molecule has 0 fully saturated rings. The summed E-state index contributed by atoms with van der Waals surface area (Å²) >= 11 is 17.5. The highest BCUT2D eigenvalue weighted by Gasteiger charge is 2.04. The van der Waals surface area contributed by atoms with Crippen molar-refractivity contribution in [3.63, 3.8) is 0 Å². The number of hydrogen-bond acceptors (Lipinski definition) is 3. The predicted octanol–water partition coefficient (Wildman–Crippen LogP) is 3.84. The van der Waals surface area contributed by atoms with E-state index in [-0.39, 0.29) is 0 Å². The van der Waals surface area contributed by atoms with Gasteiger partial charge in [-0.25, -0.2) is 4.68 Å². The van der Waals surface area contributed by atoms with Crippen molar-refractivity contribution < 1.29 is 4.74 Å². The van der Waals surface area contributed by atoms with Gasteiger partial charge >= 0.3 is 0 Å². The molecule has 0 unspecified atom stereocenters. The molecule has 0 amide bonds. The lowest BCUT2D eigenvalue weighted by molar-refractivity contribution is 0.290. The summed E-state index contributed by atoms with van der Waals surface area (Å²) in [7, 11) is 0. The number of nitrogens with zero attached hydrogens (tertiary/aromatic N) is 3. The normalized spacial score (nSPS) is 10.8. The average molecular weight is 335 g/mol. The number of alkyl halides is 1. The molecule has 108 valence electrons. The summed E-state index contributed by atoms with van der Waals surface area (Å²) in [5.74, 6) is 1.24. The third-order valence-corrected chi connectivity index (χ3v) is 3.42. The average Bonchev–Trinajstić information content (AvgIpc) is 2.87. The molecule has 0 aliphatic carbocycles. The summed E-state index contributed by atoms with van der Waals surface area (Å²) in [5.41, 5.74) is 0.940. The van der Waals surface area contributed by atoms with Crippen molar-refractivity contribution in [2.45, 2.75) is 19.4 Å². The van der Waals surface area contributed by atoms with E-state index in [9.17, 15) is 0 Å². The maximum atomic E-state index is 6.02. The smallest absolute Gasteiger partial charge is 0.138 e. The van der Waals surface area contributed by atoms with Crippen LogP contribution in [-0.4, -0.2) is 27.5 Å². The first-order valence-electron chi connectivity index (χ1n) is 6.22. The molecule has 1 aromatic heterocycles. The minimum absolute atomic E-state index is 0.458. The van der Waals surface area contributed by atoms with Crippen LogP contribution in [-0.2, 0) is 13.0 Å². The molecule has 0 saturated heterocycles. The Bertz CT molecular complexity index is 560. The molecule has 2 aromatic rings. The van der Waals surface area contributed by atoms with Crippen molar-refractivity contribution in [2.24, 2.45) is 0 Å². The molecule has 0 aliphatic rings. The van der Waals surface area contributed by atoms with Gasteiger partial charge in [-0.1, -0.05) is 28.4 Å². The first-order chi connectivity index (χ1) is 9.69. The summed E-state index contributed by atoms with van der Waals surface area (Å²) in [5, 5.41) is 9.17. The topological polar surface area (TPSA) is 39.9 Å². The van der Waals surface area contributed by atoms with Crippen LogP contribution >= 0.6 is 34.8 Å². The number of halogens is 3. The number of rotatable bonds is 7. The second-order valence-electron chi connectivity index (χ2n) is 4.19. The zero-order valence-corrected chi connectivity index (χ0v) is 13.0. The fraction of sp³-hybridized carbons (Fsp3) is 0.385. The zero-order valence-electron chi connectivity index (χ0n) is 10.7. The van der Waals surface area contributed by atoms with E-state index < -0.39 is 0 Å². The zero-order chi connectivity index (χ0) is 14.4. The third-order valence-electron chi connectivity index (χ3n) is 2.62. The summed E-state index contributed by atoms with van der Waals surface area (Å²) < 4.78 is 7.33. The van der Waals surface area contributed by atoms with E-state index in [1.807, 2.05) is 6.20 Å². The summed E-state index contributed by atoms with van der Waals surface area (Å²) in [4.78, 5) is 0. The van der Waals surface area contributed by atoms with E-state index in [2.05, 4.69) is 10.3 Å². The van der Waals surface area contributed by atoms with Crippen molar-refractivity contribution in [1.82, 2.24) is 15.0 Å². The third kappa shape index (κ3) is 4.54. The van der Waals surface area contributed by atoms with Gasteiger partial charge in [0.05, 0.1) is 17.3 Å². The van der Waals surface area contributed by atoms with Crippen molar-refractivity contribution in [3.05, 3.63) is 40.1 Å². The van der Waals surface area contributed by atoms with Crippen molar-refractivity contribution in [2.75, 3.05) is 12.5 Å². The van der Waals surface area contributed by atoms with Crippen LogP contribution in [0.15, 0.2) is 24.4 Å². The highest BCUT2D eigenvalue weighted by atomic mass is 35.5. The highest BCUT2D eigenvalue weighted by Crippen LogP contribution is 2.27. The van der Waals surface area contributed by atoms with Gasteiger partial charge in [0.1, 0.15) is 12.4 Å². The molecule has 0 bridgehead atoms. The van der Waals surface area contributed by atoms with Crippen LogP contribution < -0.4 is 4.74 Å². The lowest BCUT2D eigenvalue weighted by atomic mass is 10.3. The molecule has 0 saturated carbocycles. The number of aryl methyl sites for hydroxylation is 1. The Morgan fingerprint density at radius 1 is 1.25 bits per heavy atom. The lowest BCUT2D eigenvalue weighted by Gasteiger charge is -2.07. The Balaban J connectivity index is 1.82. The van der Waals surface area contributed by atoms with Gasteiger partial charge in [-0.05, 0) is 31.0 Å². The molecular formula is C13H14Cl3N3O. The van der Waals surface area contributed by atoms with Crippen LogP contribution in [0.4, 0.5) is 0 Å². The maximum absolute atomic E-state index is 6.02. The molecule has 0 spiro atoms. The van der Waals surface area contributed by atoms with Crippen LogP contribution in [0, 0.1) is 0 Å². The maximum Gasteiger partial charge on any atom is 0.138 e. The standard InChI is InChI=1S/C13H14Cl3N3O/c14-5-1-2-11-9-19(18-17-11)6-7-20-13-4-3-10(15)8-12(13)16/h3-4,8-9H,1-2,5-7H2. The van der Waals surface area contributed by atoms with Gasteiger partial charge < -0.3 is 4.74 Å². The van der Waals surface area contributed by atoms with Crippen LogP contribution in [0.3, 0.4) is 0 Å². The van der Waals surface area contributed by atoms with E-state index in [1.54, 1.807) is 22.9 Å². The van der Waals surface area contributed by atoms with Crippen LogP contribution in [0.25, 0.3) is 0 Å². The molecule has 1 heterocycles. The molecular weight excluding hydrogens is 321 g/mol. The van der Waals surface area contributed by atoms with E-state index >= 15 is 0 Å². The molecule has 7 heteroatoms. The van der Waals surface area contributed by atoms with E-state index in [0.29, 0.717) is 34.8 Å². The van der Waals surface area contributed by atoms with Crippen LogP contribution in [0.2, 0.25) is 10.0 Å². The van der Waals surface area contributed by atoms with Crippen LogP contribution in [0.1, 0.15) is 12.1 Å². The molecule has 0 atom stereocenters. The number of benzene rings is 1. The molecule has 4 nitrogen and oxygen atoms in total. The van der Waals surface area contributed by atoms with Gasteiger partial charge in [0.15, 0.2) is 0 Å². The van der Waals surface area contributed by atoms with Crippen molar-refractivity contribution in [1.29, 1.82) is 0 Å². The number of ether oxygens (including phenoxy) is 1. The van der Waals surface area contributed by atoms with Crippen molar-refractivity contribution in [3.8, 4) is 5.75 Å². The van der Waals surface area contributed by atoms with Crippen molar-refractivity contribution >= 4 is 34.8 Å². The molecule has 0 radical (unpaired) electrons. The predicted molar refractivity (Wildman–Crippen MR) is 81.0 cm³/mol. The minimum atomic E-state index is 0.458. The number of hydrogen-bond donors (Lipinski definition) is 0. The lowest BCUT2D eigenvalue weighted by Crippen LogP contribution is -2.09. The molecule has 0 N–H and O–H groups in total. The Morgan fingerprint density at radius 2 is 2.10 bits per heavy atom. The van der Waals surface area contributed by atoms with Gasteiger partial charge in [-0.15, -0.1) is 16.7 Å². The second kappa shape index (κ2) is 7.72. The first-order valence-corrected chi connectivity index (χ1v) is 7.51. The SMILES string of the molecule is ClCCCc1cn(CCOc2ccc(Cl)cc2Cl)nn1. The monoisotopic (exact) mass is 333 g/mol. The summed E-state index contributed by atoms with van der Waals surface area (Å²) in [6.45, 7) is 1.06. The van der Waals surface area contributed by atoms with E-state index in [1.165, 1.54) is 0 Å². The van der Waals surface area contributed by atoms with Crippen LogP contribution in [0.5, 0.6) is 5.75 Å². The Hall–Kier alpha value is -0.970. The second-order valence-corrected chi connectivity index (χ2v) is 5.41. The molecule has 0 aliphatic heterocycles. The van der Waals surface area contributed by atoms with Gasteiger partial charge in [-0.2, -0.15) is 0 Å². The van der Waals surface area contributed by atoms with Gasteiger partial charge in [0.2, 0.25) is 0 Å². The van der Waals surface area contributed by atoms with Gasteiger partial charge in [-0.3, -0.25) is 0 Å². The molecule has 1 aromatic carbocycles. The van der Waals surface area contributed by atoms with E-state index in [0.717, 1.165) is 18.5 Å². The summed E-state index contributed by atoms with van der Waals surface area (Å²) in [6, 6.07) is 5.14. The first kappa shape index (κ1) is 15.4.